The molecule has 0 bridgehead atoms. The number of hydrogen-bond donors (Lipinski definition) is 2. The van der Waals surface area contributed by atoms with Crippen molar-refractivity contribution in [2.24, 2.45) is 5.92 Å². The van der Waals surface area contributed by atoms with Crippen LogP contribution in [0.4, 0.5) is 0 Å². The molecule has 2 nitrogen and oxygen atoms in total. The monoisotopic (exact) mass is 145 g/mol. The number of rotatable bonds is 5. The molecule has 2 N–H and O–H groups in total. The molecule has 0 saturated heterocycles. The third-order valence-electron chi connectivity index (χ3n) is 1.44. The average molecular weight is 145 g/mol. The van der Waals surface area contributed by atoms with Crippen LogP contribution in [-0.2, 0) is 0 Å². The summed E-state index contributed by atoms with van der Waals surface area (Å²) < 4.78 is 0. The number of aliphatic hydroxyl groups excluding tert-OH is 1. The fourth-order valence-corrected chi connectivity index (χ4v) is 0.733. The van der Waals surface area contributed by atoms with Crippen LogP contribution in [0.5, 0.6) is 0 Å². The predicted molar refractivity (Wildman–Crippen MR) is 44.0 cm³/mol. The Morgan fingerprint density at radius 1 is 1.30 bits per heavy atom. The van der Waals surface area contributed by atoms with Crippen LogP contribution in [0.3, 0.4) is 0 Å². The lowest BCUT2D eigenvalue weighted by Crippen LogP contribution is -2.30. The van der Waals surface area contributed by atoms with E-state index in [4.69, 9.17) is 5.11 Å². The van der Waals surface area contributed by atoms with E-state index in [1.165, 1.54) is 0 Å². The van der Waals surface area contributed by atoms with Gasteiger partial charge >= 0.3 is 0 Å². The van der Waals surface area contributed by atoms with E-state index in [1.54, 1.807) is 0 Å². The fraction of sp³-hybridized carbons (Fsp3) is 1.00. The zero-order valence-corrected chi connectivity index (χ0v) is 7.22. The standard InChI is InChI=1S/C8H19NO/c1-7(2)6-9-8(3)4-5-10/h7-10H,4-6H2,1-3H3. The summed E-state index contributed by atoms with van der Waals surface area (Å²) in [6.45, 7) is 7.78. The normalized spacial score (nSPS) is 14.1. The van der Waals surface area contributed by atoms with Crippen LogP contribution in [0.15, 0.2) is 0 Å². The molecule has 0 aliphatic heterocycles. The summed E-state index contributed by atoms with van der Waals surface area (Å²) in [5.74, 6) is 0.696. The van der Waals surface area contributed by atoms with Crippen LogP contribution in [0.25, 0.3) is 0 Å². The Morgan fingerprint density at radius 3 is 2.30 bits per heavy atom. The van der Waals surface area contributed by atoms with Gasteiger partial charge < -0.3 is 10.4 Å². The van der Waals surface area contributed by atoms with Crippen molar-refractivity contribution in [3.63, 3.8) is 0 Å². The summed E-state index contributed by atoms with van der Waals surface area (Å²) in [5, 5.41) is 11.9. The summed E-state index contributed by atoms with van der Waals surface area (Å²) in [6, 6.07) is 0.451. The Hall–Kier alpha value is -0.0800. The minimum Gasteiger partial charge on any atom is -0.396 e. The third kappa shape index (κ3) is 6.05. The van der Waals surface area contributed by atoms with Crippen molar-refractivity contribution < 1.29 is 5.11 Å². The van der Waals surface area contributed by atoms with Crippen molar-refractivity contribution >= 4 is 0 Å². The van der Waals surface area contributed by atoms with E-state index in [0.29, 0.717) is 12.0 Å². The molecule has 0 spiro atoms. The van der Waals surface area contributed by atoms with Crippen molar-refractivity contribution in [1.82, 2.24) is 5.32 Å². The lowest BCUT2D eigenvalue weighted by Gasteiger charge is -2.13. The van der Waals surface area contributed by atoms with E-state index < -0.39 is 0 Å². The van der Waals surface area contributed by atoms with E-state index in [-0.39, 0.29) is 6.61 Å². The van der Waals surface area contributed by atoms with Gasteiger partial charge in [-0.25, -0.2) is 0 Å². The van der Waals surface area contributed by atoms with Gasteiger partial charge in [0.05, 0.1) is 0 Å². The Kier molecular flexibility index (Phi) is 5.64. The van der Waals surface area contributed by atoms with Gasteiger partial charge in [0, 0.05) is 12.6 Å². The second kappa shape index (κ2) is 5.69. The highest BCUT2D eigenvalue weighted by atomic mass is 16.3. The van der Waals surface area contributed by atoms with Crippen LogP contribution in [-0.4, -0.2) is 24.3 Å². The Bertz CT molecular complexity index is 73.7. The number of hydrogen-bond acceptors (Lipinski definition) is 2. The maximum Gasteiger partial charge on any atom is 0.0445 e. The van der Waals surface area contributed by atoms with Gasteiger partial charge in [0.15, 0.2) is 0 Å². The fourth-order valence-electron chi connectivity index (χ4n) is 0.733. The molecule has 0 aliphatic rings. The molecule has 10 heavy (non-hydrogen) atoms. The SMILES string of the molecule is CC(C)CNC(C)CCO. The number of nitrogens with one attached hydrogen (secondary N) is 1. The van der Waals surface area contributed by atoms with Crippen LogP contribution < -0.4 is 5.32 Å². The van der Waals surface area contributed by atoms with Crippen molar-refractivity contribution in [2.75, 3.05) is 13.2 Å². The maximum absolute atomic E-state index is 8.56. The molecule has 0 saturated carbocycles. The van der Waals surface area contributed by atoms with E-state index in [9.17, 15) is 0 Å². The molecule has 1 unspecified atom stereocenters. The lowest BCUT2D eigenvalue weighted by molar-refractivity contribution is 0.267. The molecular weight excluding hydrogens is 126 g/mol. The first kappa shape index (κ1) is 9.92. The van der Waals surface area contributed by atoms with E-state index in [2.05, 4.69) is 26.1 Å². The minimum absolute atomic E-state index is 0.284. The van der Waals surface area contributed by atoms with Crippen LogP contribution in [0.1, 0.15) is 27.2 Å². The molecule has 0 aromatic heterocycles. The third-order valence-corrected chi connectivity index (χ3v) is 1.44. The second-order valence-corrected chi connectivity index (χ2v) is 3.22. The highest BCUT2D eigenvalue weighted by Crippen LogP contribution is 1.92. The van der Waals surface area contributed by atoms with Crippen molar-refractivity contribution in [2.45, 2.75) is 33.2 Å². The molecule has 0 aromatic rings. The first-order chi connectivity index (χ1) is 4.66. The van der Waals surface area contributed by atoms with E-state index in [1.807, 2.05) is 0 Å². The van der Waals surface area contributed by atoms with Crippen LogP contribution in [0.2, 0.25) is 0 Å². The summed E-state index contributed by atoms with van der Waals surface area (Å²) in [4.78, 5) is 0. The topological polar surface area (TPSA) is 32.3 Å². The first-order valence-corrected chi connectivity index (χ1v) is 4.01. The molecule has 0 fully saturated rings. The summed E-state index contributed by atoms with van der Waals surface area (Å²) in [7, 11) is 0. The minimum atomic E-state index is 0.284. The molecule has 0 rings (SSSR count). The molecule has 1 atom stereocenters. The molecule has 0 aromatic carbocycles. The van der Waals surface area contributed by atoms with Gasteiger partial charge in [0.25, 0.3) is 0 Å². The van der Waals surface area contributed by atoms with Crippen molar-refractivity contribution in [1.29, 1.82) is 0 Å². The number of aliphatic hydroxyl groups is 1. The summed E-state index contributed by atoms with van der Waals surface area (Å²) in [5.41, 5.74) is 0. The molecule has 62 valence electrons. The van der Waals surface area contributed by atoms with Crippen molar-refractivity contribution in [3.8, 4) is 0 Å². The smallest absolute Gasteiger partial charge is 0.0445 e. The van der Waals surface area contributed by atoms with E-state index >= 15 is 0 Å². The van der Waals surface area contributed by atoms with Crippen molar-refractivity contribution in [3.05, 3.63) is 0 Å². The van der Waals surface area contributed by atoms with Gasteiger partial charge in [-0.15, -0.1) is 0 Å². The maximum atomic E-state index is 8.56. The lowest BCUT2D eigenvalue weighted by atomic mass is 10.2. The quantitative estimate of drug-likeness (QED) is 0.605. The zero-order valence-electron chi connectivity index (χ0n) is 7.22. The zero-order chi connectivity index (χ0) is 7.98. The van der Waals surface area contributed by atoms with Gasteiger partial charge in [0.2, 0.25) is 0 Å². The highest BCUT2D eigenvalue weighted by molar-refractivity contribution is 4.60. The Morgan fingerprint density at radius 2 is 1.90 bits per heavy atom. The molecule has 0 aliphatic carbocycles. The Balaban J connectivity index is 3.12. The van der Waals surface area contributed by atoms with Crippen LogP contribution >= 0.6 is 0 Å². The summed E-state index contributed by atoms with van der Waals surface area (Å²) >= 11 is 0. The summed E-state index contributed by atoms with van der Waals surface area (Å²) in [6.07, 6.45) is 0.854. The molecule has 0 radical (unpaired) electrons. The van der Waals surface area contributed by atoms with Gasteiger partial charge in [0.1, 0.15) is 0 Å². The average Bonchev–Trinajstić information content (AvgIpc) is 1.85. The Labute approximate surface area is 63.6 Å². The predicted octanol–water partition coefficient (Wildman–Crippen LogP) is 1.00. The molecular formula is C8H19NO. The first-order valence-electron chi connectivity index (χ1n) is 4.01. The largest absolute Gasteiger partial charge is 0.396 e. The van der Waals surface area contributed by atoms with E-state index in [0.717, 1.165) is 13.0 Å². The van der Waals surface area contributed by atoms with Gasteiger partial charge in [-0.1, -0.05) is 13.8 Å². The van der Waals surface area contributed by atoms with Gasteiger partial charge in [-0.05, 0) is 25.8 Å². The molecule has 2 heteroatoms. The van der Waals surface area contributed by atoms with Gasteiger partial charge in [-0.3, -0.25) is 0 Å². The molecule has 0 amide bonds. The molecule has 0 heterocycles. The second-order valence-electron chi connectivity index (χ2n) is 3.22. The highest BCUT2D eigenvalue weighted by Gasteiger charge is 1.99. The van der Waals surface area contributed by atoms with Gasteiger partial charge in [-0.2, -0.15) is 0 Å². The van der Waals surface area contributed by atoms with Crippen LogP contribution in [0, 0.1) is 5.92 Å².